The third-order valence-corrected chi connectivity index (χ3v) is 4.26. The fourth-order valence-electron chi connectivity index (χ4n) is 2.54. The van der Waals surface area contributed by atoms with Crippen molar-refractivity contribution in [3.63, 3.8) is 0 Å². The van der Waals surface area contributed by atoms with Gasteiger partial charge in [-0.3, -0.25) is 0 Å². The van der Waals surface area contributed by atoms with Crippen molar-refractivity contribution in [3.05, 3.63) is 52.5 Å². The lowest BCUT2D eigenvalue weighted by Gasteiger charge is -2.14. The van der Waals surface area contributed by atoms with Gasteiger partial charge < -0.3 is 4.74 Å². The Labute approximate surface area is 134 Å². The highest BCUT2D eigenvalue weighted by Crippen LogP contribution is 2.40. The van der Waals surface area contributed by atoms with Gasteiger partial charge >= 0.3 is 0 Å². The Hall–Kier alpha value is -1.44. The molecule has 0 N–H and O–H groups in total. The molecular weight excluding hydrogens is 303 g/mol. The van der Waals surface area contributed by atoms with Gasteiger partial charge in [-0.15, -0.1) is 0 Å². The Bertz CT molecular complexity index is 796. The van der Waals surface area contributed by atoms with E-state index in [0.717, 1.165) is 45.2 Å². The molecule has 0 aliphatic carbocycles. The molecule has 0 saturated carbocycles. The summed E-state index contributed by atoms with van der Waals surface area (Å²) >= 11 is 12.7. The van der Waals surface area contributed by atoms with Crippen molar-refractivity contribution in [2.75, 3.05) is 6.61 Å². The minimum atomic E-state index is 0.683. The molecule has 0 aliphatic rings. The lowest BCUT2D eigenvalue weighted by molar-refractivity contribution is 0.316. The van der Waals surface area contributed by atoms with Gasteiger partial charge in [-0.1, -0.05) is 60.8 Å². The fraction of sp³-hybridized carbons (Fsp3) is 0.222. The molecule has 0 unspecified atom stereocenters. The van der Waals surface area contributed by atoms with E-state index in [1.807, 2.05) is 36.4 Å². The molecule has 0 radical (unpaired) electrons. The molecule has 0 bridgehead atoms. The number of hydrogen-bond acceptors (Lipinski definition) is 1. The molecule has 0 heterocycles. The van der Waals surface area contributed by atoms with Crippen molar-refractivity contribution in [3.8, 4) is 5.75 Å². The summed E-state index contributed by atoms with van der Waals surface area (Å²) in [4.78, 5) is 0. The van der Waals surface area contributed by atoms with Gasteiger partial charge in [-0.25, -0.2) is 0 Å². The predicted molar refractivity (Wildman–Crippen MR) is 91.9 cm³/mol. The average Bonchev–Trinajstić information content (AvgIpc) is 2.48. The van der Waals surface area contributed by atoms with Crippen LogP contribution in [0.5, 0.6) is 5.75 Å². The molecule has 0 fully saturated rings. The first-order chi connectivity index (χ1) is 10.2. The molecular formula is C18H16Cl2O. The Morgan fingerprint density at radius 1 is 0.952 bits per heavy atom. The smallest absolute Gasteiger partial charge is 0.136 e. The molecule has 3 aromatic carbocycles. The maximum absolute atomic E-state index is 6.40. The molecule has 21 heavy (non-hydrogen) atoms. The highest BCUT2D eigenvalue weighted by molar-refractivity contribution is 6.39. The van der Waals surface area contributed by atoms with Crippen LogP contribution in [0.25, 0.3) is 21.5 Å². The van der Waals surface area contributed by atoms with Crippen molar-refractivity contribution >= 4 is 44.7 Å². The summed E-state index contributed by atoms with van der Waals surface area (Å²) in [5.41, 5.74) is 0. The minimum Gasteiger partial charge on any atom is -0.492 e. The van der Waals surface area contributed by atoms with Crippen LogP contribution >= 0.6 is 23.2 Å². The zero-order valence-electron chi connectivity index (χ0n) is 11.8. The number of ether oxygens (including phenoxy) is 1. The van der Waals surface area contributed by atoms with Crippen LogP contribution in [0.1, 0.15) is 19.8 Å². The molecule has 3 rings (SSSR count). The van der Waals surface area contributed by atoms with Crippen LogP contribution in [-0.2, 0) is 0 Å². The summed E-state index contributed by atoms with van der Waals surface area (Å²) in [5, 5.41) is 5.47. The fourth-order valence-corrected chi connectivity index (χ4v) is 3.04. The number of benzene rings is 3. The van der Waals surface area contributed by atoms with Crippen LogP contribution in [0.3, 0.4) is 0 Å². The quantitative estimate of drug-likeness (QED) is 0.395. The molecule has 0 aromatic heterocycles. The summed E-state index contributed by atoms with van der Waals surface area (Å²) < 4.78 is 6.07. The van der Waals surface area contributed by atoms with Gasteiger partial charge in [-0.05, 0) is 30.0 Å². The third kappa shape index (κ3) is 2.68. The lowest BCUT2D eigenvalue weighted by Crippen LogP contribution is -1.98. The number of hydrogen-bond donors (Lipinski definition) is 0. The average molecular weight is 319 g/mol. The summed E-state index contributed by atoms with van der Waals surface area (Å²) in [6.07, 6.45) is 2.11. The van der Waals surface area contributed by atoms with Gasteiger partial charge in [0.1, 0.15) is 5.75 Å². The van der Waals surface area contributed by atoms with Crippen molar-refractivity contribution in [2.24, 2.45) is 0 Å². The Morgan fingerprint density at radius 2 is 1.71 bits per heavy atom. The van der Waals surface area contributed by atoms with Crippen LogP contribution in [-0.4, -0.2) is 6.61 Å². The van der Waals surface area contributed by atoms with Crippen molar-refractivity contribution in [1.29, 1.82) is 0 Å². The van der Waals surface area contributed by atoms with E-state index in [1.54, 1.807) is 0 Å². The largest absolute Gasteiger partial charge is 0.492 e. The Morgan fingerprint density at radius 3 is 2.52 bits per heavy atom. The highest BCUT2D eigenvalue weighted by Gasteiger charge is 2.13. The van der Waals surface area contributed by atoms with Crippen LogP contribution in [0.2, 0.25) is 10.0 Å². The summed E-state index contributed by atoms with van der Waals surface area (Å²) in [5.74, 6) is 0.837. The van der Waals surface area contributed by atoms with Gasteiger partial charge in [0.25, 0.3) is 0 Å². The predicted octanol–water partition coefficient (Wildman–Crippen LogP) is 6.48. The molecule has 108 valence electrons. The van der Waals surface area contributed by atoms with E-state index in [4.69, 9.17) is 27.9 Å². The normalized spacial score (nSPS) is 11.2. The van der Waals surface area contributed by atoms with E-state index in [1.165, 1.54) is 0 Å². The SMILES string of the molecule is CCCCOc1c2cccc(Cl)c2cc2cccc(Cl)c12. The van der Waals surface area contributed by atoms with Crippen LogP contribution in [0, 0.1) is 0 Å². The molecule has 0 spiro atoms. The van der Waals surface area contributed by atoms with E-state index >= 15 is 0 Å². The summed E-state index contributed by atoms with van der Waals surface area (Å²) in [7, 11) is 0. The molecule has 0 amide bonds. The molecule has 0 saturated heterocycles. The van der Waals surface area contributed by atoms with E-state index in [9.17, 15) is 0 Å². The first kappa shape index (κ1) is 14.5. The van der Waals surface area contributed by atoms with E-state index < -0.39 is 0 Å². The summed E-state index contributed by atoms with van der Waals surface area (Å²) in [6.45, 7) is 2.83. The van der Waals surface area contributed by atoms with Gasteiger partial charge in [0, 0.05) is 21.2 Å². The maximum atomic E-state index is 6.40. The molecule has 0 atom stereocenters. The van der Waals surface area contributed by atoms with Crippen molar-refractivity contribution in [2.45, 2.75) is 19.8 Å². The lowest BCUT2D eigenvalue weighted by atomic mass is 10.0. The van der Waals surface area contributed by atoms with Gasteiger partial charge in [0.05, 0.1) is 11.6 Å². The van der Waals surface area contributed by atoms with E-state index in [0.29, 0.717) is 11.6 Å². The first-order valence-corrected chi connectivity index (χ1v) is 7.90. The molecule has 1 nitrogen and oxygen atoms in total. The third-order valence-electron chi connectivity index (χ3n) is 3.61. The van der Waals surface area contributed by atoms with Crippen molar-refractivity contribution < 1.29 is 4.74 Å². The number of halogens is 2. The second-order valence-electron chi connectivity index (χ2n) is 5.08. The van der Waals surface area contributed by atoms with Gasteiger partial charge in [0.15, 0.2) is 0 Å². The van der Waals surface area contributed by atoms with E-state index in [-0.39, 0.29) is 0 Å². The zero-order chi connectivity index (χ0) is 14.8. The van der Waals surface area contributed by atoms with Gasteiger partial charge in [0.2, 0.25) is 0 Å². The number of rotatable bonds is 4. The number of unbranched alkanes of at least 4 members (excludes halogenated alkanes) is 1. The zero-order valence-corrected chi connectivity index (χ0v) is 13.3. The van der Waals surface area contributed by atoms with Crippen LogP contribution < -0.4 is 4.74 Å². The van der Waals surface area contributed by atoms with Gasteiger partial charge in [-0.2, -0.15) is 0 Å². The Balaban J connectivity index is 2.32. The Kier molecular flexibility index (Phi) is 4.23. The highest BCUT2D eigenvalue weighted by atomic mass is 35.5. The second kappa shape index (κ2) is 6.13. The van der Waals surface area contributed by atoms with Crippen LogP contribution in [0.15, 0.2) is 42.5 Å². The number of fused-ring (bicyclic) bond motifs is 2. The molecule has 3 heteroatoms. The molecule has 0 aliphatic heterocycles. The standard InChI is InChI=1S/C18H16Cl2O/c1-2-3-10-21-18-13-7-5-8-15(19)14(13)11-12-6-4-9-16(20)17(12)18/h4-9,11H,2-3,10H2,1H3. The summed E-state index contributed by atoms with van der Waals surface area (Å²) in [6, 6.07) is 13.8. The van der Waals surface area contributed by atoms with E-state index in [2.05, 4.69) is 13.0 Å². The second-order valence-corrected chi connectivity index (χ2v) is 5.90. The van der Waals surface area contributed by atoms with Crippen molar-refractivity contribution in [1.82, 2.24) is 0 Å². The minimum absolute atomic E-state index is 0.683. The van der Waals surface area contributed by atoms with Crippen LogP contribution in [0.4, 0.5) is 0 Å². The molecule has 3 aromatic rings. The monoisotopic (exact) mass is 318 g/mol. The maximum Gasteiger partial charge on any atom is 0.136 e. The topological polar surface area (TPSA) is 9.23 Å². The first-order valence-electron chi connectivity index (χ1n) is 7.14.